The molecule has 0 aliphatic heterocycles. The molecule has 0 bridgehead atoms. The first kappa shape index (κ1) is 12.9. The van der Waals surface area contributed by atoms with E-state index in [2.05, 4.69) is 29.6 Å². The van der Waals surface area contributed by atoms with Crippen LogP contribution in [0.25, 0.3) is 0 Å². The summed E-state index contributed by atoms with van der Waals surface area (Å²) in [6, 6.07) is 2.84. The highest BCUT2D eigenvalue weighted by Gasteiger charge is 2.16. The highest BCUT2D eigenvalue weighted by Crippen LogP contribution is 2.32. The van der Waals surface area contributed by atoms with E-state index in [1.807, 2.05) is 29.3 Å². The van der Waals surface area contributed by atoms with E-state index in [0.29, 0.717) is 6.04 Å². The third-order valence-electron chi connectivity index (χ3n) is 3.81. The van der Waals surface area contributed by atoms with Crippen molar-refractivity contribution in [3.05, 3.63) is 39.3 Å². The van der Waals surface area contributed by atoms with Crippen LogP contribution in [0.5, 0.6) is 0 Å². The molecule has 19 heavy (non-hydrogen) atoms. The van der Waals surface area contributed by atoms with Gasteiger partial charge in [-0.15, -0.1) is 11.3 Å². The quantitative estimate of drug-likeness (QED) is 0.928. The zero-order valence-corrected chi connectivity index (χ0v) is 12.5. The molecule has 102 valence electrons. The van der Waals surface area contributed by atoms with Crippen molar-refractivity contribution >= 4 is 11.3 Å². The van der Waals surface area contributed by atoms with E-state index in [0.717, 1.165) is 6.54 Å². The first-order valence-electron chi connectivity index (χ1n) is 7.05. The summed E-state index contributed by atoms with van der Waals surface area (Å²) in [6.07, 6.45) is 9.29. The predicted molar refractivity (Wildman–Crippen MR) is 79.4 cm³/mol. The van der Waals surface area contributed by atoms with Crippen molar-refractivity contribution in [1.29, 1.82) is 0 Å². The average molecular weight is 275 g/mol. The van der Waals surface area contributed by atoms with Gasteiger partial charge in [0.15, 0.2) is 0 Å². The maximum atomic E-state index is 4.20. The largest absolute Gasteiger partial charge is 0.305 e. The molecule has 2 aromatic rings. The third kappa shape index (κ3) is 2.90. The number of rotatable bonds is 4. The minimum absolute atomic E-state index is 0.427. The van der Waals surface area contributed by atoms with Gasteiger partial charge in [-0.25, -0.2) is 0 Å². The molecular formula is C15H21N3S. The molecule has 2 aromatic heterocycles. The molecule has 4 heteroatoms. The number of hydrogen-bond acceptors (Lipinski definition) is 3. The van der Waals surface area contributed by atoms with Gasteiger partial charge in [0.1, 0.15) is 0 Å². The van der Waals surface area contributed by atoms with Gasteiger partial charge in [-0.3, -0.25) is 4.68 Å². The molecule has 0 aromatic carbocycles. The van der Waals surface area contributed by atoms with Crippen LogP contribution in [0.4, 0.5) is 0 Å². The Kier molecular flexibility index (Phi) is 3.71. The Morgan fingerprint density at radius 2 is 2.26 bits per heavy atom. The molecular weight excluding hydrogens is 254 g/mol. The van der Waals surface area contributed by atoms with Gasteiger partial charge >= 0.3 is 0 Å². The molecule has 1 N–H and O–H groups in total. The molecule has 1 aliphatic rings. The van der Waals surface area contributed by atoms with E-state index < -0.39 is 0 Å². The van der Waals surface area contributed by atoms with Crippen LogP contribution < -0.4 is 5.32 Å². The van der Waals surface area contributed by atoms with Crippen LogP contribution in [0.3, 0.4) is 0 Å². The van der Waals surface area contributed by atoms with E-state index >= 15 is 0 Å². The van der Waals surface area contributed by atoms with Crippen LogP contribution in [0.15, 0.2) is 18.5 Å². The predicted octanol–water partition coefficient (Wildman–Crippen LogP) is 3.21. The average Bonchev–Trinajstić information content (AvgIpc) is 3.01. The molecule has 3 nitrogen and oxygen atoms in total. The Morgan fingerprint density at radius 1 is 1.42 bits per heavy atom. The number of aromatic nitrogens is 2. The molecule has 1 aliphatic carbocycles. The number of nitrogens with one attached hydrogen (secondary N) is 1. The summed E-state index contributed by atoms with van der Waals surface area (Å²) in [4.78, 5) is 3.10. The van der Waals surface area contributed by atoms with Crippen molar-refractivity contribution in [3.63, 3.8) is 0 Å². The molecule has 0 fully saturated rings. The number of hydrogen-bond donors (Lipinski definition) is 1. The molecule has 1 unspecified atom stereocenters. The van der Waals surface area contributed by atoms with E-state index in [1.165, 1.54) is 36.1 Å². The molecule has 0 saturated heterocycles. The van der Waals surface area contributed by atoms with Crippen molar-refractivity contribution in [3.8, 4) is 0 Å². The summed E-state index contributed by atoms with van der Waals surface area (Å²) >= 11 is 2.00. The Balaban J connectivity index is 1.63. The Hall–Kier alpha value is -1.13. The molecule has 0 amide bonds. The smallest absolute Gasteiger partial charge is 0.0534 e. The first-order chi connectivity index (χ1) is 9.22. The minimum Gasteiger partial charge on any atom is -0.305 e. The monoisotopic (exact) mass is 275 g/mol. The second kappa shape index (κ2) is 5.47. The molecule has 2 heterocycles. The van der Waals surface area contributed by atoms with Gasteiger partial charge in [-0.1, -0.05) is 0 Å². The third-order valence-corrected chi connectivity index (χ3v) is 5.23. The number of fused-ring (bicyclic) bond motifs is 1. The molecule has 3 rings (SSSR count). The fourth-order valence-corrected chi connectivity index (χ4v) is 3.95. The topological polar surface area (TPSA) is 29.9 Å². The summed E-state index contributed by atoms with van der Waals surface area (Å²) in [7, 11) is 1.96. The van der Waals surface area contributed by atoms with Gasteiger partial charge in [0.25, 0.3) is 0 Å². The van der Waals surface area contributed by atoms with Gasteiger partial charge in [-0.05, 0) is 44.2 Å². The van der Waals surface area contributed by atoms with Crippen molar-refractivity contribution in [1.82, 2.24) is 15.1 Å². The second-order valence-corrected chi connectivity index (χ2v) is 6.60. The van der Waals surface area contributed by atoms with Crippen LogP contribution in [0, 0.1) is 0 Å². The lowest BCUT2D eigenvalue weighted by Crippen LogP contribution is -2.16. The molecule has 0 spiro atoms. The lowest BCUT2D eigenvalue weighted by Gasteiger charge is -2.10. The standard InChI is InChI=1S/C15H21N3S/c1-11(16-8-12-9-17-18(2)10-12)15-7-13-5-3-4-6-14(13)19-15/h7,9-11,16H,3-6,8H2,1-2H3. The van der Waals surface area contributed by atoms with Gasteiger partial charge in [0, 0.05) is 41.1 Å². The number of aryl methyl sites for hydroxylation is 3. The Labute approximate surface area is 118 Å². The maximum Gasteiger partial charge on any atom is 0.0534 e. The van der Waals surface area contributed by atoms with Crippen molar-refractivity contribution in [2.75, 3.05) is 0 Å². The zero-order chi connectivity index (χ0) is 13.2. The number of thiophene rings is 1. The Bertz CT molecular complexity index is 532. The Morgan fingerprint density at radius 3 is 3.00 bits per heavy atom. The van der Waals surface area contributed by atoms with Crippen molar-refractivity contribution in [2.45, 2.75) is 45.2 Å². The summed E-state index contributed by atoms with van der Waals surface area (Å²) in [5.41, 5.74) is 2.84. The van der Waals surface area contributed by atoms with Gasteiger partial charge in [0.05, 0.1) is 6.20 Å². The highest BCUT2D eigenvalue weighted by molar-refractivity contribution is 7.12. The molecule has 0 radical (unpaired) electrons. The van der Waals surface area contributed by atoms with E-state index in [9.17, 15) is 0 Å². The van der Waals surface area contributed by atoms with Crippen molar-refractivity contribution < 1.29 is 0 Å². The second-order valence-electron chi connectivity index (χ2n) is 5.43. The summed E-state index contributed by atoms with van der Waals surface area (Å²) in [5, 5.41) is 7.79. The lowest BCUT2D eigenvalue weighted by molar-refractivity contribution is 0.582. The normalized spacial score (nSPS) is 16.3. The molecule has 0 saturated carbocycles. The van der Waals surface area contributed by atoms with E-state index in [4.69, 9.17) is 0 Å². The van der Waals surface area contributed by atoms with Crippen LogP contribution >= 0.6 is 11.3 Å². The summed E-state index contributed by atoms with van der Waals surface area (Å²) in [5.74, 6) is 0. The SMILES string of the molecule is CC(NCc1cnn(C)c1)c1cc2c(s1)CCCC2. The van der Waals surface area contributed by atoms with Crippen LogP contribution in [-0.2, 0) is 26.4 Å². The fraction of sp³-hybridized carbons (Fsp3) is 0.533. The zero-order valence-electron chi connectivity index (χ0n) is 11.6. The minimum atomic E-state index is 0.427. The van der Waals surface area contributed by atoms with Gasteiger partial charge < -0.3 is 5.32 Å². The van der Waals surface area contributed by atoms with Crippen molar-refractivity contribution in [2.24, 2.45) is 7.05 Å². The van der Waals surface area contributed by atoms with E-state index in [-0.39, 0.29) is 0 Å². The fourth-order valence-electron chi connectivity index (χ4n) is 2.66. The summed E-state index contributed by atoms with van der Waals surface area (Å²) in [6.45, 7) is 3.14. The maximum absolute atomic E-state index is 4.20. The lowest BCUT2D eigenvalue weighted by atomic mass is 9.99. The van der Waals surface area contributed by atoms with E-state index in [1.54, 1.807) is 10.4 Å². The van der Waals surface area contributed by atoms with Crippen LogP contribution in [0.2, 0.25) is 0 Å². The first-order valence-corrected chi connectivity index (χ1v) is 7.86. The number of nitrogens with zero attached hydrogens (tertiary/aromatic N) is 2. The van der Waals surface area contributed by atoms with Gasteiger partial charge in [-0.2, -0.15) is 5.10 Å². The molecule has 1 atom stereocenters. The van der Waals surface area contributed by atoms with Gasteiger partial charge in [0.2, 0.25) is 0 Å². The summed E-state index contributed by atoms with van der Waals surface area (Å²) < 4.78 is 1.85. The van der Waals surface area contributed by atoms with Crippen LogP contribution in [0.1, 0.15) is 46.7 Å². The van der Waals surface area contributed by atoms with Crippen LogP contribution in [-0.4, -0.2) is 9.78 Å². The highest BCUT2D eigenvalue weighted by atomic mass is 32.1.